The molecule has 4 rings (SSSR count). The molecule has 2 heterocycles. The molecule has 0 saturated heterocycles. The summed E-state index contributed by atoms with van der Waals surface area (Å²) in [7, 11) is 0. The minimum Gasteiger partial charge on any atom is -0.396 e. The van der Waals surface area contributed by atoms with Crippen LogP contribution in [0.4, 0.5) is 13.2 Å². The zero-order valence-electron chi connectivity index (χ0n) is 17.9. The Bertz CT molecular complexity index is 1050. The summed E-state index contributed by atoms with van der Waals surface area (Å²) in [5, 5.41) is 20.2. The van der Waals surface area contributed by atoms with Gasteiger partial charge in [0.1, 0.15) is 0 Å². The van der Waals surface area contributed by atoms with E-state index in [0.717, 1.165) is 24.9 Å². The fraction of sp³-hybridized carbons (Fsp3) is 0.458. The molecular weight excluding hydrogens is 476 g/mol. The number of nitrogens with zero attached hydrogens (tertiary/aromatic N) is 2. The highest BCUT2D eigenvalue weighted by Crippen LogP contribution is 2.43. The molecule has 2 N–H and O–H groups in total. The van der Waals surface area contributed by atoms with Gasteiger partial charge in [0.2, 0.25) is 0 Å². The van der Waals surface area contributed by atoms with Crippen LogP contribution in [0.1, 0.15) is 35.4 Å². The molecule has 1 aliphatic heterocycles. The number of rotatable bonds is 7. The molecule has 0 fully saturated rings. The predicted octanol–water partition coefficient (Wildman–Crippen LogP) is 5.02. The average Bonchev–Trinajstić information content (AvgIpc) is 3.13. The lowest BCUT2D eigenvalue weighted by Gasteiger charge is -2.41. The Hall–Kier alpha value is -1.64. The number of aromatic nitrogens is 1. The van der Waals surface area contributed by atoms with E-state index >= 15 is 0 Å². The van der Waals surface area contributed by atoms with Gasteiger partial charge in [-0.2, -0.15) is 13.2 Å². The van der Waals surface area contributed by atoms with Gasteiger partial charge in [0.15, 0.2) is 5.69 Å². The van der Waals surface area contributed by atoms with Crippen molar-refractivity contribution >= 4 is 28.8 Å². The van der Waals surface area contributed by atoms with Crippen LogP contribution in [0.15, 0.2) is 35.9 Å². The molecule has 1 aromatic carbocycles. The third-order valence-corrected chi connectivity index (χ3v) is 7.07. The van der Waals surface area contributed by atoms with Crippen molar-refractivity contribution in [2.75, 3.05) is 26.3 Å². The maximum atomic E-state index is 13.1. The van der Waals surface area contributed by atoms with Gasteiger partial charge in [0.05, 0.1) is 5.02 Å². The number of aliphatic hydroxyl groups excluding tert-OH is 2. The van der Waals surface area contributed by atoms with Crippen molar-refractivity contribution in [1.29, 1.82) is 0 Å². The Morgan fingerprint density at radius 3 is 2.58 bits per heavy atom. The molecule has 9 heteroatoms. The first kappa shape index (κ1) is 24.5. The van der Waals surface area contributed by atoms with E-state index in [0.29, 0.717) is 30.1 Å². The monoisotopic (exact) mass is 500 g/mol. The van der Waals surface area contributed by atoms with Crippen LogP contribution in [0.3, 0.4) is 0 Å². The molecule has 1 atom stereocenters. The number of pyridine rings is 1. The molecule has 178 valence electrons. The van der Waals surface area contributed by atoms with Crippen LogP contribution < -0.4 is 0 Å². The standard InChI is InChI=1S/C24H25Cl2F3N2O2/c25-16-4-3-14-10-20-18(19(14)11-16)7-9-31(22(20)15(12-32)13-33)8-1-2-17-5-6-21(26)23(30-17)24(27,28)29/h3-6,11,15,22,32-33H,1-2,7-10,12-13H2. The molecule has 1 aromatic heterocycles. The zero-order valence-corrected chi connectivity index (χ0v) is 19.4. The summed E-state index contributed by atoms with van der Waals surface area (Å²) in [6.07, 6.45) is -2.07. The van der Waals surface area contributed by atoms with Crippen molar-refractivity contribution in [1.82, 2.24) is 9.88 Å². The van der Waals surface area contributed by atoms with Gasteiger partial charge in [-0.25, -0.2) is 4.98 Å². The number of halogens is 5. The summed E-state index contributed by atoms with van der Waals surface area (Å²) in [4.78, 5) is 5.95. The first-order valence-corrected chi connectivity index (χ1v) is 11.7. The second-order valence-electron chi connectivity index (χ2n) is 8.57. The molecule has 33 heavy (non-hydrogen) atoms. The molecule has 0 radical (unpaired) electrons. The third kappa shape index (κ3) is 5.08. The minimum atomic E-state index is -4.59. The summed E-state index contributed by atoms with van der Waals surface area (Å²) < 4.78 is 39.3. The van der Waals surface area contributed by atoms with Gasteiger partial charge in [0, 0.05) is 42.4 Å². The van der Waals surface area contributed by atoms with Gasteiger partial charge in [0.25, 0.3) is 0 Å². The van der Waals surface area contributed by atoms with Crippen LogP contribution in [0.2, 0.25) is 10.0 Å². The summed E-state index contributed by atoms with van der Waals surface area (Å²) >= 11 is 11.9. The third-order valence-electron chi connectivity index (χ3n) is 6.53. The molecular formula is C24H25Cl2F3N2O2. The van der Waals surface area contributed by atoms with Crippen molar-refractivity contribution < 1.29 is 23.4 Å². The normalized spacial score (nSPS) is 18.7. The number of hydrogen-bond donors (Lipinski definition) is 2. The topological polar surface area (TPSA) is 56.6 Å². The maximum Gasteiger partial charge on any atom is 0.434 e. The Morgan fingerprint density at radius 1 is 1.12 bits per heavy atom. The first-order chi connectivity index (χ1) is 15.7. The molecule has 2 aromatic rings. The van der Waals surface area contributed by atoms with E-state index in [9.17, 15) is 23.4 Å². The largest absolute Gasteiger partial charge is 0.434 e. The van der Waals surface area contributed by atoms with E-state index in [1.165, 1.54) is 28.8 Å². The number of aliphatic hydroxyl groups is 2. The quantitative estimate of drug-likeness (QED) is 0.560. The molecule has 4 nitrogen and oxygen atoms in total. The van der Waals surface area contributed by atoms with Crippen molar-refractivity contribution in [3.63, 3.8) is 0 Å². The van der Waals surface area contributed by atoms with Crippen molar-refractivity contribution in [2.45, 2.75) is 37.9 Å². The van der Waals surface area contributed by atoms with Gasteiger partial charge >= 0.3 is 6.18 Å². The molecule has 1 unspecified atom stereocenters. The van der Waals surface area contributed by atoms with Gasteiger partial charge in [-0.05, 0) is 78.8 Å². The van der Waals surface area contributed by atoms with E-state index in [-0.39, 0.29) is 25.2 Å². The van der Waals surface area contributed by atoms with Crippen molar-refractivity contribution in [3.8, 4) is 0 Å². The van der Waals surface area contributed by atoms with E-state index in [4.69, 9.17) is 23.2 Å². The van der Waals surface area contributed by atoms with Crippen LogP contribution in [0.5, 0.6) is 0 Å². The Kier molecular flexibility index (Phi) is 7.36. The predicted molar refractivity (Wildman–Crippen MR) is 122 cm³/mol. The minimum absolute atomic E-state index is 0.140. The Balaban J connectivity index is 1.51. The smallest absolute Gasteiger partial charge is 0.396 e. The highest BCUT2D eigenvalue weighted by molar-refractivity contribution is 6.31. The highest BCUT2D eigenvalue weighted by atomic mass is 35.5. The number of benzene rings is 1. The van der Waals surface area contributed by atoms with E-state index < -0.39 is 16.9 Å². The number of aryl methyl sites for hydroxylation is 1. The SMILES string of the molecule is OCC(CO)C1C2=C(CCN1CCCc1ccc(Cl)c(C(F)(F)F)n1)c1cc(Cl)ccc1C2. The summed E-state index contributed by atoms with van der Waals surface area (Å²) in [5.41, 5.74) is 4.03. The van der Waals surface area contributed by atoms with E-state index in [2.05, 4.69) is 9.88 Å². The zero-order chi connectivity index (χ0) is 23.8. The molecule has 0 spiro atoms. The summed E-state index contributed by atoms with van der Waals surface area (Å²) in [5.74, 6) is -0.342. The molecule has 0 bridgehead atoms. The van der Waals surface area contributed by atoms with Crippen LogP contribution in [-0.4, -0.2) is 52.4 Å². The van der Waals surface area contributed by atoms with Crippen LogP contribution in [0.25, 0.3) is 5.57 Å². The number of hydrogen-bond acceptors (Lipinski definition) is 4. The second-order valence-corrected chi connectivity index (χ2v) is 9.42. The van der Waals surface area contributed by atoms with Gasteiger partial charge in [-0.1, -0.05) is 29.3 Å². The van der Waals surface area contributed by atoms with Gasteiger partial charge in [-0.3, -0.25) is 4.90 Å². The fourth-order valence-corrected chi connectivity index (χ4v) is 5.42. The van der Waals surface area contributed by atoms with E-state index in [1.54, 1.807) is 0 Å². The first-order valence-electron chi connectivity index (χ1n) is 10.9. The lowest BCUT2D eigenvalue weighted by Crippen LogP contribution is -2.48. The fourth-order valence-electron chi connectivity index (χ4n) is 5.04. The maximum absolute atomic E-state index is 13.1. The molecule has 0 amide bonds. The number of fused-ring (bicyclic) bond motifs is 2. The van der Waals surface area contributed by atoms with Crippen molar-refractivity contribution in [3.05, 3.63) is 68.5 Å². The van der Waals surface area contributed by atoms with Crippen LogP contribution >= 0.6 is 23.2 Å². The second kappa shape index (κ2) is 9.92. The lowest BCUT2D eigenvalue weighted by molar-refractivity contribution is -0.141. The molecule has 2 aliphatic rings. The summed E-state index contributed by atoms with van der Waals surface area (Å²) in [6.45, 7) is 1.03. The van der Waals surface area contributed by atoms with E-state index in [1.807, 2.05) is 18.2 Å². The Morgan fingerprint density at radius 2 is 1.88 bits per heavy atom. The van der Waals surface area contributed by atoms with Crippen molar-refractivity contribution in [2.24, 2.45) is 5.92 Å². The molecule has 0 saturated carbocycles. The Labute approximate surface area is 200 Å². The average molecular weight is 501 g/mol. The lowest BCUT2D eigenvalue weighted by atomic mass is 9.85. The summed E-state index contributed by atoms with van der Waals surface area (Å²) in [6, 6.07) is 8.49. The molecule has 1 aliphatic carbocycles. The highest BCUT2D eigenvalue weighted by Gasteiger charge is 2.38. The van der Waals surface area contributed by atoms with Crippen LogP contribution in [0, 0.1) is 5.92 Å². The number of alkyl halides is 3. The van der Waals surface area contributed by atoms with Gasteiger partial charge < -0.3 is 10.2 Å². The van der Waals surface area contributed by atoms with Crippen LogP contribution in [-0.2, 0) is 19.0 Å². The van der Waals surface area contributed by atoms with Gasteiger partial charge in [-0.15, -0.1) is 0 Å².